The molecule has 0 bridgehead atoms. The van der Waals surface area contributed by atoms with Crippen LogP contribution >= 0.6 is 39.5 Å². The van der Waals surface area contributed by atoms with Crippen LogP contribution in [0.3, 0.4) is 0 Å². The minimum absolute atomic E-state index is 0.146. The SMILES string of the molecule is CC(C)SCc1cc(=O)[nH]c(SC(C)C(=O)Nc2cccc(Br)c2)n1. The first-order valence-corrected chi connectivity index (χ1v) is 10.5. The monoisotopic (exact) mass is 441 g/mol. The Bertz CT molecular complexity index is 795. The van der Waals surface area contributed by atoms with Crippen LogP contribution in [0.4, 0.5) is 5.69 Å². The van der Waals surface area contributed by atoms with Crippen LogP contribution in [0.2, 0.25) is 0 Å². The zero-order valence-corrected chi connectivity index (χ0v) is 17.4. The van der Waals surface area contributed by atoms with Crippen LogP contribution in [-0.4, -0.2) is 26.4 Å². The summed E-state index contributed by atoms with van der Waals surface area (Å²) in [6.07, 6.45) is 0. The number of hydrogen-bond acceptors (Lipinski definition) is 5. The van der Waals surface area contributed by atoms with Crippen molar-refractivity contribution in [3.8, 4) is 0 Å². The summed E-state index contributed by atoms with van der Waals surface area (Å²) in [6.45, 7) is 5.98. The summed E-state index contributed by atoms with van der Waals surface area (Å²) in [4.78, 5) is 31.3. The van der Waals surface area contributed by atoms with Crippen molar-refractivity contribution in [2.45, 2.75) is 42.2 Å². The lowest BCUT2D eigenvalue weighted by Crippen LogP contribution is -2.23. The smallest absolute Gasteiger partial charge is 0.251 e. The van der Waals surface area contributed by atoms with E-state index < -0.39 is 5.25 Å². The summed E-state index contributed by atoms with van der Waals surface area (Å²) in [7, 11) is 0. The molecule has 1 aromatic carbocycles. The molecule has 1 aromatic heterocycles. The number of carbonyl (C=O) groups excluding carboxylic acids is 1. The molecule has 1 atom stereocenters. The van der Waals surface area contributed by atoms with E-state index in [0.717, 1.165) is 15.9 Å². The molecule has 0 radical (unpaired) electrons. The van der Waals surface area contributed by atoms with Gasteiger partial charge < -0.3 is 10.3 Å². The van der Waals surface area contributed by atoms with Gasteiger partial charge in [0.15, 0.2) is 5.16 Å². The lowest BCUT2D eigenvalue weighted by atomic mass is 10.3. The normalized spacial score (nSPS) is 12.2. The molecule has 0 aliphatic rings. The third kappa shape index (κ3) is 6.87. The number of amides is 1. The molecule has 134 valence electrons. The molecule has 2 rings (SSSR count). The van der Waals surface area contributed by atoms with Gasteiger partial charge in [-0.25, -0.2) is 4.98 Å². The van der Waals surface area contributed by atoms with Crippen molar-refractivity contribution in [3.05, 3.63) is 50.9 Å². The molecule has 1 heterocycles. The van der Waals surface area contributed by atoms with Crippen LogP contribution in [0.5, 0.6) is 0 Å². The Labute approximate surface area is 163 Å². The molecule has 0 spiro atoms. The predicted molar refractivity (Wildman–Crippen MR) is 109 cm³/mol. The van der Waals surface area contributed by atoms with Crippen molar-refractivity contribution < 1.29 is 4.79 Å². The van der Waals surface area contributed by atoms with Gasteiger partial charge in [0.2, 0.25) is 5.91 Å². The minimum atomic E-state index is -0.393. The van der Waals surface area contributed by atoms with Gasteiger partial charge in [-0.2, -0.15) is 11.8 Å². The number of nitrogens with one attached hydrogen (secondary N) is 2. The summed E-state index contributed by atoms with van der Waals surface area (Å²) in [5.41, 5.74) is 1.25. The average molecular weight is 442 g/mol. The van der Waals surface area contributed by atoms with E-state index in [1.54, 1.807) is 18.7 Å². The molecule has 0 saturated carbocycles. The predicted octanol–water partition coefficient (Wildman–Crippen LogP) is 4.29. The second-order valence-electron chi connectivity index (χ2n) is 5.66. The number of nitrogens with zero attached hydrogens (tertiary/aromatic N) is 1. The number of carbonyl (C=O) groups is 1. The van der Waals surface area contributed by atoms with Crippen LogP contribution in [0.1, 0.15) is 26.5 Å². The van der Waals surface area contributed by atoms with Gasteiger partial charge >= 0.3 is 0 Å². The third-order valence-electron chi connectivity index (χ3n) is 3.09. The van der Waals surface area contributed by atoms with Gasteiger partial charge in [0.1, 0.15) is 0 Å². The van der Waals surface area contributed by atoms with Crippen molar-refractivity contribution in [2.75, 3.05) is 5.32 Å². The van der Waals surface area contributed by atoms with E-state index in [1.807, 2.05) is 24.3 Å². The van der Waals surface area contributed by atoms with E-state index in [9.17, 15) is 9.59 Å². The fourth-order valence-corrected chi connectivity index (χ4v) is 3.78. The molecule has 1 amide bonds. The number of rotatable bonds is 7. The number of halogens is 1. The molecule has 2 aromatic rings. The van der Waals surface area contributed by atoms with Gasteiger partial charge in [-0.05, 0) is 30.4 Å². The van der Waals surface area contributed by atoms with Gasteiger partial charge in [-0.15, -0.1) is 0 Å². The molecule has 8 heteroatoms. The fourth-order valence-electron chi connectivity index (χ4n) is 1.90. The number of H-pyrrole nitrogens is 1. The molecule has 5 nitrogen and oxygen atoms in total. The van der Waals surface area contributed by atoms with Gasteiger partial charge in [0, 0.05) is 22.0 Å². The Kier molecular flexibility index (Phi) is 7.58. The molecule has 0 fully saturated rings. The van der Waals surface area contributed by atoms with Gasteiger partial charge in [-0.3, -0.25) is 9.59 Å². The van der Waals surface area contributed by atoms with Crippen LogP contribution in [-0.2, 0) is 10.5 Å². The zero-order valence-electron chi connectivity index (χ0n) is 14.2. The van der Waals surface area contributed by atoms with Crippen LogP contribution in [0, 0.1) is 0 Å². The maximum Gasteiger partial charge on any atom is 0.251 e. The van der Waals surface area contributed by atoms with Crippen molar-refractivity contribution in [2.24, 2.45) is 0 Å². The topological polar surface area (TPSA) is 74.8 Å². The number of hydrogen-bond donors (Lipinski definition) is 2. The molecule has 0 saturated heterocycles. The lowest BCUT2D eigenvalue weighted by Gasteiger charge is -2.12. The standard InChI is InChI=1S/C17H20BrN3O2S2/c1-10(2)24-9-14-8-15(22)21-17(20-14)25-11(3)16(23)19-13-6-4-5-12(18)7-13/h4-8,10-11H,9H2,1-3H3,(H,19,23)(H,20,21,22). The number of thioether (sulfide) groups is 2. The lowest BCUT2D eigenvalue weighted by molar-refractivity contribution is -0.115. The van der Waals surface area contributed by atoms with Gasteiger partial charge in [0.05, 0.1) is 10.9 Å². The van der Waals surface area contributed by atoms with Gasteiger partial charge in [0.25, 0.3) is 5.56 Å². The molecule has 25 heavy (non-hydrogen) atoms. The summed E-state index contributed by atoms with van der Waals surface area (Å²) in [5, 5.41) is 3.39. The highest BCUT2D eigenvalue weighted by Crippen LogP contribution is 2.22. The molecular weight excluding hydrogens is 422 g/mol. The van der Waals surface area contributed by atoms with Crippen LogP contribution in [0.15, 0.2) is 44.8 Å². The van der Waals surface area contributed by atoms with Crippen molar-refractivity contribution in [1.82, 2.24) is 9.97 Å². The van der Waals surface area contributed by atoms with Crippen molar-refractivity contribution >= 4 is 51.0 Å². The average Bonchev–Trinajstić information content (AvgIpc) is 2.52. The summed E-state index contributed by atoms with van der Waals surface area (Å²) in [5.74, 6) is 0.529. The Balaban J connectivity index is 2.02. The Morgan fingerprint density at radius 1 is 1.32 bits per heavy atom. The molecule has 2 N–H and O–H groups in total. The second kappa shape index (κ2) is 9.45. The third-order valence-corrected chi connectivity index (χ3v) is 5.69. The first-order valence-electron chi connectivity index (χ1n) is 7.78. The van der Waals surface area contributed by atoms with E-state index in [1.165, 1.54) is 17.8 Å². The quantitative estimate of drug-likeness (QED) is 0.494. The molecule has 0 aliphatic heterocycles. The second-order valence-corrected chi connectivity index (χ2v) is 9.47. The molecule has 1 unspecified atom stereocenters. The minimum Gasteiger partial charge on any atom is -0.325 e. The van der Waals surface area contributed by atoms with E-state index >= 15 is 0 Å². The Morgan fingerprint density at radius 2 is 2.08 bits per heavy atom. The van der Waals surface area contributed by atoms with E-state index in [0.29, 0.717) is 16.2 Å². The molecular formula is C17H20BrN3O2S2. The van der Waals surface area contributed by atoms with E-state index in [4.69, 9.17) is 0 Å². The van der Waals surface area contributed by atoms with Crippen molar-refractivity contribution in [1.29, 1.82) is 0 Å². The number of anilines is 1. The van der Waals surface area contributed by atoms with Crippen molar-refractivity contribution in [3.63, 3.8) is 0 Å². The Hall–Kier alpha value is -1.25. The highest BCUT2D eigenvalue weighted by molar-refractivity contribution is 9.10. The summed E-state index contributed by atoms with van der Waals surface area (Å²) >= 11 is 6.34. The van der Waals surface area contributed by atoms with Gasteiger partial charge in [-0.1, -0.05) is 47.6 Å². The largest absolute Gasteiger partial charge is 0.325 e. The first kappa shape index (κ1) is 20.1. The maximum atomic E-state index is 12.3. The number of benzene rings is 1. The van der Waals surface area contributed by atoms with E-state index in [2.05, 4.69) is 45.1 Å². The Morgan fingerprint density at radius 3 is 2.76 bits per heavy atom. The van der Waals surface area contributed by atoms with E-state index in [-0.39, 0.29) is 11.5 Å². The maximum absolute atomic E-state index is 12.3. The summed E-state index contributed by atoms with van der Waals surface area (Å²) < 4.78 is 0.895. The van der Waals surface area contributed by atoms with Crippen LogP contribution in [0.25, 0.3) is 0 Å². The highest BCUT2D eigenvalue weighted by atomic mass is 79.9. The molecule has 0 aliphatic carbocycles. The fraction of sp³-hybridized carbons (Fsp3) is 0.353. The van der Waals surface area contributed by atoms with Crippen LogP contribution < -0.4 is 10.9 Å². The highest BCUT2D eigenvalue weighted by Gasteiger charge is 2.16. The number of aromatic nitrogens is 2. The number of aromatic amines is 1. The summed E-state index contributed by atoms with van der Waals surface area (Å²) in [6, 6.07) is 8.91. The zero-order chi connectivity index (χ0) is 18.4. The first-order chi connectivity index (χ1) is 11.8.